The molecule has 0 saturated carbocycles. The van der Waals surface area contributed by atoms with Crippen LogP contribution in [-0.4, -0.2) is 27.8 Å². The lowest BCUT2D eigenvalue weighted by molar-refractivity contribution is -0.116. The highest BCUT2D eigenvalue weighted by atomic mass is 16.5. The van der Waals surface area contributed by atoms with Gasteiger partial charge in [0.05, 0.1) is 23.6 Å². The number of ether oxygens (including phenoxy) is 1. The van der Waals surface area contributed by atoms with E-state index in [2.05, 4.69) is 5.32 Å². The highest BCUT2D eigenvalue weighted by Gasteiger charge is 2.21. The van der Waals surface area contributed by atoms with E-state index in [1.807, 2.05) is 32.9 Å². The molecule has 7 nitrogen and oxygen atoms in total. The number of para-hydroxylation sites is 1. The number of anilines is 1. The van der Waals surface area contributed by atoms with Crippen LogP contribution in [0.15, 0.2) is 46.0 Å². The zero-order valence-corrected chi connectivity index (χ0v) is 18.1. The normalized spacial score (nSPS) is 16.0. The Morgan fingerprint density at radius 1 is 1.10 bits per heavy atom. The van der Waals surface area contributed by atoms with Gasteiger partial charge in [0.2, 0.25) is 5.91 Å². The van der Waals surface area contributed by atoms with E-state index in [4.69, 9.17) is 4.74 Å². The van der Waals surface area contributed by atoms with Crippen LogP contribution in [0.2, 0.25) is 0 Å². The van der Waals surface area contributed by atoms with Crippen LogP contribution in [0.1, 0.15) is 29.5 Å². The molecule has 2 aromatic carbocycles. The Hall–Kier alpha value is -3.19. The summed E-state index contributed by atoms with van der Waals surface area (Å²) in [6.07, 6.45) is 1.57. The molecule has 1 saturated heterocycles. The van der Waals surface area contributed by atoms with E-state index in [1.54, 1.807) is 24.3 Å². The fourth-order valence-electron chi connectivity index (χ4n) is 4.38. The Balaban J connectivity index is 1.72. The van der Waals surface area contributed by atoms with E-state index in [1.165, 1.54) is 9.13 Å². The van der Waals surface area contributed by atoms with Crippen LogP contribution >= 0.6 is 0 Å². The Bertz CT molecular complexity index is 1240. The molecule has 1 aliphatic heterocycles. The van der Waals surface area contributed by atoms with Gasteiger partial charge >= 0.3 is 5.69 Å². The first-order chi connectivity index (χ1) is 14.8. The average Bonchev–Trinajstić information content (AvgIpc) is 3.24. The van der Waals surface area contributed by atoms with Crippen molar-refractivity contribution < 1.29 is 9.53 Å². The van der Waals surface area contributed by atoms with Crippen LogP contribution in [0.4, 0.5) is 5.69 Å². The summed E-state index contributed by atoms with van der Waals surface area (Å²) in [6.45, 7) is 6.55. The van der Waals surface area contributed by atoms with Gasteiger partial charge in [0.25, 0.3) is 5.56 Å². The summed E-state index contributed by atoms with van der Waals surface area (Å²) in [5.41, 5.74) is 3.41. The summed E-state index contributed by atoms with van der Waals surface area (Å²) >= 11 is 0. The number of carbonyl (C=O) groups is 1. The van der Waals surface area contributed by atoms with Crippen LogP contribution in [0.5, 0.6) is 0 Å². The number of aromatic nitrogens is 2. The maximum atomic E-state index is 13.2. The van der Waals surface area contributed by atoms with Crippen molar-refractivity contribution >= 4 is 22.5 Å². The van der Waals surface area contributed by atoms with Gasteiger partial charge in [-0.25, -0.2) is 4.79 Å². The first-order valence-corrected chi connectivity index (χ1v) is 10.6. The smallest absolute Gasteiger partial charge is 0.332 e. The minimum atomic E-state index is -0.494. The van der Waals surface area contributed by atoms with Gasteiger partial charge in [-0.3, -0.25) is 18.7 Å². The summed E-state index contributed by atoms with van der Waals surface area (Å²) < 4.78 is 8.20. The standard InChI is InChI=1S/C24H27N3O4/c1-15-11-16(2)22(17(3)12-15)25-21(28)14-26-20-9-5-4-8-19(20)23(29)27(24(26)30)13-18-7-6-10-31-18/h4-5,8-9,11-12,18H,6-7,10,13-14H2,1-3H3,(H,25,28)/t18-/m0/s1. The number of fused-ring (bicyclic) bond motifs is 1. The zero-order chi connectivity index (χ0) is 22.1. The fourth-order valence-corrected chi connectivity index (χ4v) is 4.38. The lowest BCUT2D eigenvalue weighted by Crippen LogP contribution is -2.43. The second kappa shape index (κ2) is 8.51. The largest absolute Gasteiger partial charge is 0.376 e. The van der Waals surface area contributed by atoms with Crippen LogP contribution in [0.3, 0.4) is 0 Å². The van der Waals surface area contributed by atoms with Crippen molar-refractivity contribution in [2.75, 3.05) is 11.9 Å². The van der Waals surface area contributed by atoms with Gasteiger partial charge in [-0.1, -0.05) is 29.8 Å². The van der Waals surface area contributed by atoms with Gasteiger partial charge in [0, 0.05) is 12.3 Å². The molecule has 1 aromatic heterocycles. The van der Waals surface area contributed by atoms with E-state index in [-0.39, 0.29) is 30.7 Å². The summed E-state index contributed by atoms with van der Waals surface area (Å²) in [6, 6.07) is 10.9. The van der Waals surface area contributed by atoms with E-state index < -0.39 is 5.69 Å². The molecule has 162 valence electrons. The molecule has 2 heterocycles. The van der Waals surface area contributed by atoms with E-state index in [9.17, 15) is 14.4 Å². The quantitative estimate of drug-likeness (QED) is 0.687. The summed E-state index contributed by atoms with van der Waals surface area (Å²) in [4.78, 5) is 39.2. The lowest BCUT2D eigenvalue weighted by Gasteiger charge is -2.17. The highest BCUT2D eigenvalue weighted by Crippen LogP contribution is 2.22. The van der Waals surface area contributed by atoms with Crippen LogP contribution in [-0.2, 0) is 22.6 Å². The van der Waals surface area contributed by atoms with Gasteiger partial charge in [-0.05, 0) is 56.9 Å². The van der Waals surface area contributed by atoms with E-state index in [0.717, 1.165) is 35.2 Å². The fraction of sp³-hybridized carbons (Fsp3) is 0.375. The minimum absolute atomic E-state index is 0.160. The van der Waals surface area contributed by atoms with Crippen molar-refractivity contribution in [3.63, 3.8) is 0 Å². The van der Waals surface area contributed by atoms with Crippen LogP contribution in [0.25, 0.3) is 10.9 Å². The van der Waals surface area contributed by atoms with E-state index in [0.29, 0.717) is 17.5 Å². The molecule has 3 aromatic rings. The first kappa shape index (κ1) is 21.1. The number of aryl methyl sites for hydroxylation is 3. The Morgan fingerprint density at radius 3 is 2.48 bits per heavy atom. The van der Waals surface area contributed by atoms with Crippen molar-refractivity contribution in [2.45, 2.75) is 52.8 Å². The number of carbonyl (C=O) groups excluding carboxylic acids is 1. The van der Waals surface area contributed by atoms with Gasteiger partial charge < -0.3 is 10.1 Å². The predicted molar refractivity (Wildman–Crippen MR) is 121 cm³/mol. The molecule has 0 unspecified atom stereocenters. The molecule has 1 N–H and O–H groups in total. The van der Waals surface area contributed by atoms with Gasteiger partial charge in [0.15, 0.2) is 0 Å². The second-order valence-corrected chi connectivity index (χ2v) is 8.26. The highest BCUT2D eigenvalue weighted by molar-refractivity contribution is 5.93. The second-order valence-electron chi connectivity index (χ2n) is 8.26. The van der Waals surface area contributed by atoms with E-state index >= 15 is 0 Å². The summed E-state index contributed by atoms with van der Waals surface area (Å²) in [7, 11) is 0. The number of hydrogen-bond acceptors (Lipinski definition) is 4. The Labute approximate surface area is 180 Å². The molecule has 0 spiro atoms. The molecule has 4 rings (SSSR count). The molecular weight excluding hydrogens is 394 g/mol. The molecule has 7 heteroatoms. The first-order valence-electron chi connectivity index (χ1n) is 10.6. The number of nitrogens with one attached hydrogen (secondary N) is 1. The molecule has 1 atom stereocenters. The molecule has 1 aliphatic rings. The maximum Gasteiger partial charge on any atom is 0.332 e. The Morgan fingerprint density at radius 2 is 1.81 bits per heavy atom. The SMILES string of the molecule is Cc1cc(C)c(NC(=O)Cn2c(=O)n(C[C@@H]3CCCO3)c(=O)c3ccccc32)c(C)c1. The van der Waals surface area contributed by atoms with Crippen molar-refractivity contribution in [3.8, 4) is 0 Å². The predicted octanol–water partition coefficient (Wildman–Crippen LogP) is 2.91. The number of nitrogens with zero attached hydrogens (tertiary/aromatic N) is 2. The van der Waals surface area contributed by atoms with Crippen molar-refractivity contribution in [2.24, 2.45) is 0 Å². The number of hydrogen-bond donors (Lipinski definition) is 1. The third-order valence-corrected chi connectivity index (χ3v) is 5.79. The number of rotatable bonds is 5. The lowest BCUT2D eigenvalue weighted by atomic mass is 10.1. The maximum absolute atomic E-state index is 13.2. The third-order valence-electron chi connectivity index (χ3n) is 5.79. The van der Waals surface area contributed by atoms with Gasteiger partial charge in [-0.2, -0.15) is 0 Å². The summed E-state index contributed by atoms with van der Waals surface area (Å²) in [5, 5.41) is 3.36. The van der Waals surface area contributed by atoms with Crippen molar-refractivity contribution in [1.82, 2.24) is 9.13 Å². The number of benzene rings is 2. The average molecular weight is 421 g/mol. The van der Waals surface area contributed by atoms with Gasteiger partial charge in [0.1, 0.15) is 6.54 Å². The monoisotopic (exact) mass is 421 g/mol. The molecule has 0 radical (unpaired) electrons. The van der Waals surface area contributed by atoms with Crippen LogP contribution in [0, 0.1) is 20.8 Å². The van der Waals surface area contributed by atoms with Crippen LogP contribution < -0.4 is 16.6 Å². The summed E-state index contributed by atoms with van der Waals surface area (Å²) in [5.74, 6) is -0.315. The topological polar surface area (TPSA) is 82.3 Å². The Kier molecular flexibility index (Phi) is 5.78. The molecule has 31 heavy (non-hydrogen) atoms. The number of amides is 1. The minimum Gasteiger partial charge on any atom is -0.376 e. The molecule has 1 amide bonds. The molecule has 1 fully saturated rings. The van der Waals surface area contributed by atoms with Crippen molar-refractivity contribution in [1.29, 1.82) is 0 Å². The van der Waals surface area contributed by atoms with Gasteiger partial charge in [-0.15, -0.1) is 0 Å². The molecule has 0 aliphatic carbocycles. The van der Waals surface area contributed by atoms with Crippen molar-refractivity contribution in [3.05, 3.63) is 73.9 Å². The molecule has 0 bridgehead atoms. The zero-order valence-electron chi connectivity index (χ0n) is 18.1. The molecular formula is C24H27N3O4. The third kappa shape index (κ3) is 4.18.